The lowest BCUT2D eigenvalue weighted by molar-refractivity contribution is -0.121. The predicted molar refractivity (Wildman–Crippen MR) is 111 cm³/mol. The smallest absolute Gasteiger partial charge is 0.227 e. The van der Waals surface area contributed by atoms with Crippen molar-refractivity contribution < 1.29 is 23.5 Å². The van der Waals surface area contributed by atoms with Crippen molar-refractivity contribution in [3.63, 3.8) is 0 Å². The summed E-state index contributed by atoms with van der Waals surface area (Å²) in [6.07, 6.45) is 0.600. The zero-order valence-corrected chi connectivity index (χ0v) is 17.3. The monoisotopic (exact) mass is 411 g/mol. The van der Waals surface area contributed by atoms with Crippen molar-refractivity contribution in [3.05, 3.63) is 53.9 Å². The Morgan fingerprint density at radius 2 is 1.93 bits per heavy atom. The normalized spacial score (nSPS) is 10.5. The fourth-order valence-corrected chi connectivity index (χ4v) is 2.82. The summed E-state index contributed by atoms with van der Waals surface area (Å²) in [6, 6.07) is 13.1. The van der Waals surface area contributed by atoms with E-state index in [1.165, 1.54) is 0 Å². The van der Waals surface area contributed by atoms with E-state index in [0.29, 0.717) is 42.8 Å². The minimum Gasteiger partial charge on any atom is -0.493 e. The van der Waals surface area contributed by atoms with Gasteiger partial charge in [-0.05, 0) is 42.8 Å². The van der Waals surface area contributed by atoms with E-state index in [-0.39, 0.29) is 12.3 Å². The summed E-state index contributed by atoms with van der Waals surface area (Å²) in [5.74, 6) is 2.71. The standard InChI is InChI=1S/C22H25N3O5/c1-15-5-4-6-17(13-15)29-12-11-23-20(26)9-10-21-24-22(25-30-21)16-7-8-18(27-2)19(14-16)28-3/h4-8,13-14H,9-12H2,1-3H3,(H,23,26). The van der Waals surface area contributed by atoms with Crippen LogP contribution in [0.1, 0.15) is 17.9 Å². The molecule has 0 aliphatic carbocycles. The lowest BCUT2D eigenvalue weighted by Gasteiger charge is -2.08. The highest BCUT2D eigenvalue weighted by molar-refractivity contribution is 5.76. The number of amides is 1. The zero-order valence-electron chi connectivity index (χ0n) is 17.3. The van der Waals surface area contributed by atoms with Crippen LogP contribution in [0.4, 0.5) is 0 Å². The first-order chi connectivity index (χ1) is 14.6. The van der Waals surface area contributed by atoms with Crippen molar-refractivity contribution in [2.45, 2.75) is 19.8 Å². The van der Waals surface area contributed by atoms with Gasteiger partial charge in [-0.15, -0.1) is 0 Å². The molecule has 0 radical (unpaired) electrons. The summed E-state index contributed by atoms with van der Waals surface area (Å²) >= 11 is 0. The van der Waals surface area contributed by atoms with Gasteiger partial charge in [0.05, 0.1) is 20.8 Å². The second-order valence-corrected chi connectivity index (χ2v) is 6.60. The lowest BCUT2D eigenvalue weighted by atomic mass is 10.2. The van der Waals surface area contributed by atoms with Crippen LogP contribution in [0.3, 0.4) is 0 Å². The van der Waals surface area contributed by atoms with E-state index in [4.69, 9.17) is 18.7 Å². The topological polar surface area (TPSA) is 95.7 Å². The number of rotatable bonds is 10. The average molecular weight is 411 g/mol. The minimum atomic E-state index is -0.103. The van der Waals surface area contributed by atoms with Gasteiger partial charge in [-0.1, -0.05) is 17.3 Å². The average Bonchev–Trinajstić information content (AvgIpc) is 3.24. The van der Waals surface area contributed by atoms with Crippen LogP contribution < -0.4 is 19.5 Å². The molecule has 3 aromatic rings. The SMILES string of the molecule is COc1ccc(-c2noc(CCC(=O)NCCOc3cccc(C)c3)n2)cc1OC. The molecule has 1 aromatic heterocycles. The van der Waals surface area contributed by atoms with Gasteiger partial charge in [0.25, 0.3) is 0 Å². The molecule has 2 aromatic carbocycles. The number of carbonyl (C=O) groups excluding carboxylic acids is 1. The van der Waals surface area contributed by atoms with Crippen LogP contribution in [0.2, 0.25) is 0 Å². The summed E-state index contributed by atoms with van der Waals surface area (Å²) in [5.41, 5.74) is 1.86. The molecule has 0 aliphatic heterocycles. The van der Waals surface area contributed by atoms with Gasteiger partial charge in [-0.25, -0.2) is 0 Å². The van der Waals surface area contributed by atoms with Crippen molar-refractivity contribution in [2.24, 2.45) is 0 Å². The van der Waals surface area contributed by atoms with Crippen LogP contribution in [0.5, 0.6) is 17.2 Å². The fourth-order valence-electron chi connectivity index (χ4n) is 2.82. The summed E-state index contributed by atoms with van der Waals surface area (Å²) in [4.78, 5) is 16.4. The van der Waals surface area contributed by atoms with E-state index in [0.717, 1.165) is 16.9 Å². The number of ether oxygens (including phenoxy) is 3. The highest BCUT2D eigenvalue weighted by Gasteiger charge is 2.13. The summed E-state index contributed by atoms with van der Waals surface area (Å²) in [5, 5.41) is 6.80. The Balaban J connectivity index is 1.44. The second-order valence-electron chi connectivity index (χ2n) is 6.60. The van der Waals surface area contributed by atoms with Crippen LogP contribution in [0, 0.1) is 6.92 Å². The third kappa shape index (κ3) is 5.73. The number of methoxy groups -OCH3 is 2. The van der Waals surface area contributed by atoms with Gasteiger partial charge >= 0.3 is 0 Å². The Morgan fingerprint density at radius 3 is 2.70 bits per heavy atom. The third-order valence-electron chi connectivity index (χ3n) is 4.36. The van der Waals surface area contributed by atoms with Crippen LogP contribution in [-0.2, 0) is 11.2 Å². The predicted octanol–water partition coefficient (Wildman–Crippen LogP) is 3.19. The van der Waals surface area contributed by atoms with E-state index in [9.17, 15) is 4.79 Å². The summed E-state index contributed by atoms with van der Waals surface area (Å²) in [6.45, 7) is 2.83. The van der Waals surface area contributed by atoms with Gasteiger partial charge in [0, 0.05) is 18.4 Å². The number of hydrogen-bond donors (Lipinski definition) is 1. The molecule has 1 amide bonds. The first-order valence-corrected chi connectivity index (χ1v) is 9.60. The van der Waals surface area contributed by atoms with Gasteiger partial charge in [0.1, 0.15) is 12.4 Å². The van der Waals surface area contributed by atoms with E-state index in [1.54, 1.807) is 26.4 Å². The van der Waals surface area contributed by atoms with Gasteiger partial charge < -0.3 is 24.1 Å². The van der Waals surface area contributed by atoms with Crippen molar-refractivity contribution in [1.82, 2.24) is 15.5 Å². The molecule has 0 bridgehead atoms. The molecular weight excluding hydrogens is 386 g/mol. The molecule has 0 fully saturated rings. The van der Waals surface area contributed by atoms with Crippen molar-refractivity contribution in [2.75, 3.05) is 27.4 Å². The van der Waals surface area contributed by atoms with E-state index in [2.05, 4.69) is 15.5 Å². The number of benzene rings is 2. The van der Waals surface area contributed by atoms with Crippen molar-refractivity contribution in [1.29, 1.82) is 0 Å². The van der Waals surface area contributed by atoms with Crippen LogP contribution in [0.15, 0.2) is 47.0 Å². The maximum Gasteiger partial charge on any atom is 0.227 e. The molecule has 0 unspecified atom stereocenters. The molecule has 8 nitrogen and oxygen atoms in total. The Kier molecular flexibility index (Phi) is 7.26. The maximum atomic E-state index is 12.0. The summed E-state index contributed by atoms with van der Waals surface area (Å²) < 4.78 is 21.4. The molecule has 0 saturated carbocycles. The highest BCUT2D eigenvalue weighted by Crippen LogP contribution is 2.31. The number of carbonyl (C=O) groups is 1. The molecule has 3 rings (SSSR count). The maximum absolute atomic E-state index is 12.0. The van der Waals surface area contributed by atoms with Gasteiger partial charge in [0.15, 0.2) is 11.5 Å². The summed E-state index contributed by atoms with van der Waals surface area (Å²) in [7, 11) is 3.14. The number of hydrogen-bond acceptors (Lipinski definition) is 7. The number of nitrogens with zero attached hydrogens (tertiary/aromatic N) is 2. The van der Waals surface area contributed by atoms with Gasteiger partial charge in [-0.3, -0.25) is 4.79 Å². The molecule has 1 heterocycles. The number of aromatic nitrogens is 2. The molecule has 0 spiro atoms. The first kappa shape index (κ1) is 21.2. The third-order valence-corrected chi connectivity index (χ3v) is 4.36. The second kappa shape index (κ2) is 10.3. The zero-order chi connectivity index (χ0) is 21.3. The quantitative estimate of drug-likeness (QED) is 0.512. The van der Waals surface area contributed by atoms with E-state index < -0.39 is 0 Å². The molecule has 0 atom stereocenters. The molecule has 30 heavy (non-hydrogen) atoms. The molecule has 158 valence electrons. The van der Waals surface area contributed by atoms with E-state index in [1.807, 2.05) is 37.3 Å². The molecule has 0 aliphatic rings. The lowest BCUT2D eigenvalue weighted by Crippen LogP contribution is -2.28. The van der Waals surface area contributed by atoms with Crippen molar-refractivity contribution >= 4 is 5.91 Å². The Bertz CT molecular complexity index is 986. The van der Waals surface area contributed by atoms with Crippen molar-refractivity contribution in [3.8, 4) is 28.6 Å². The Hall–Kier alpha value is -3.55. The molecule has 1 N–H and O–H groups in total. The minimum absolute atomic E-state index is 0.103. The Morgan fingerprint density at radius 1 is 1.10 bits per heavy atom. The van der Waals surface area contributed by atoms with Crippen LogP contribution >= 0.6 is 0 Å². The van der Waals surface area contributed by atoms with Crippen LogP contribution in [-0.4, -0.2) is 43.4 Å². The molecular formula is C22H25N3O5. The molecule has 0 saturated heterocycles. The number of nitrogens with one attached hydrogen (secondary N) is 1. The molecule has 8 heteroatoms. The van der Waals surface area contributed by atoms with Gasteiger partial charge in [-0.2, -0.15) is 4.98 Å². The number of aryl methyl sites for hydroxylation is 2. The largest absolute Gasteiger partial charge is 0.493 e. The highest BCUT2D eigenvalue weighted by atomic mass is 16.5. The van der Waals surface area contributed by atoms with Gasteiger partial charge in [0.2, 0.25) is 17.6 Å². The fraction of sp³-hybridized carbons (Fsp3) is 0.318. The Labute approximate surface area is 175 Å². The van der Waals surface area contributed by atoms with Crippen LogP contribution in [0.25, 0.3) is 11.4 Å². The van der Waals surface area contributed by atoms with E-state index >= 15 is 0 Å². The first-order valence-electron chi connectivity index (χ1n) is 9.60.